The molecule has 8 heteroatoms. The van der Waals surface area contributed by atoms with Gasteiger partial charge in [-0.25, -0.2) is 9.37 Å². The minimum atomic E-state index is -0.249. The zero-order chi connectivity index (χ0) is 20.7. The number of carbonyl (C=O) groups is 1. The van der Waals surface area contributed by atoms with Crippen LogP contribution < -0.4 is 0 Å². The molecule has 0 bridgehead atoms. The summed E-state index contributed by atoms with van der Waals surface area (Å²) in [5.74, 6) is -0.158. The van der Waals surface area contributed by atoms with Crippen molar-refractivity contribution in [3.05, 3.63) is 71.0 Å². The zero-order valence-corrected chi connectivity index (χ0v) is 17.5. The highest BCUT2D eigenvalue weighted by atomic mass is 32.1. The first kappa shape index (κ1) is 19.0. The molecule has 1 aromatic carbocycles. The molecule has 0 N–H and O–H groups in total. The molecule has 30 heavy (non-hydrogen) atoms. The summed E-state index contributed by atoms with van der Waals surface area (Å²) in [6, 6.07) is 8.82. The third-order valence-electron chi connectivity index (χ3n) is 5.76. The fourth-order valence-electron chi connectivity index (χ4n) is 4.10. The molecule has 0 unspecified atom stereocenters. The third kappa shape index (κ3) is 3.52. The first-order chi connectivity index (χ1) is 14.6. The maximum atomic E-state index is 13.2. The van der Waals surface area contributed by atoms with Gasteiger partial charge in [-0.15, -0.1) is 11.3 Å². The van der Waals surface area contributed by atoms with Gasteiger partial charge >= 0.3 is 0 Å². The monoisotopic (exact) mass is 423 g/mol. The molecule has 1 fully saturated rings. The Morgan fingerprint density at radius 2 is 2.00 bits per heavy atom. The van der Waals surface area contributed by atoms with Gasteiger partial charge in [-0.2, -0.15) is 5.10 Å². The van der Waals surface area contributed by atoms with Crippen molar-refractivity contribution in [3.8, 4) is 0 Å². The highest BCUT2D eigenvalue weighted by Crippen LogP contribution is 2.31. The number of hydrogen-bond acceptors (Lipinski definition) is 4. The SMILES string of the molecule is Cc1nn(Cc2ccc(F)cc2)c2sc(C(=O)N3CCC(n4ccnc4)CC3)cc12. The molecule has 1 aliphatic rings. The topological polar surface area (TPSA) is 56.0 Å². The van der Waals surface area contributed by atoms with Crippen molar-refractivity contribution in [2.24, 2.45) is 0 Å². The first-order valence-electron chi connectivity index (χ1n) is 10.1. The van der Waals surface area contributed by atoms with E-state index in [9.17, 15) is 9.18 Å². The number of halogens is 1. The summed E-state index contributed by atoms with van der Waals surface area (Å²) >= 11 is 1.49. The molecule has 1 saturated heterocycles. The van der Waals surface area contributed by atoms with Gasteiger partial charge in [-0.1, -0.05) is 12.1 Å². The molecule has 0 saturated carbocycles. The number of likely N-dealkylation sites (tertiary alicyclic amines) is 1. The van der Waals surface area contributed by atoms with Crippen LogP contribution in [0.3, 0.4) is 0 Å². The van der Waals surface area contributed by atoms with Crippen molar-refractivity contribution in [3.63, 3.8) is 0 Å². The van der Waals surface area contributed by atoms with Crippen LogP contribution in [0.5, 0.6) is 0 Å². The minimum absolute atomic E-state index is 0.0908. The van der Waals surface area contributed by atoms with Gasteiger partial charge in [0.25, 0.3) is 5.91 Å². The number of benzene rings is 1. The van der Waals surface area contributed by atoms with Crippen LogP contribution >= 0.6 is 11.3 Å². The van der Waals surface area contributed by atoms with Gasteiger partial charge in [0, 0.05) is 36.9 Å². The van der Waals surface area contributed by atoms with Crippen molar-refractivity contribution < 1.29 is 9.18 Å². The molecule has 5 rings (SSSR count). The lowest BCUT2D eigenvalue weighted by atomic mass is 10.0. The minimum Gasteiger partial charge on any atom is -0.338 e. The number of fused-ring (bicyclic) bond motifs is 1. The third-order valence-corrected chi connectivity index (χ3v) is 6.90. The van der Waals surface area contributed by atoms with Crippen LogP contribution in [0.1, 0.15) is 39.8 Å². The van der Waals surface area contributed by atoms with E-state index >= 15 is 0 Å². The number of hydrogen-bond donors (Lipinski definition) is 0. The van der Waals surface area contributed by atoms with Crippen molar-refractivity contribution in [1.29, 1.82) is 0 Å². The average molecular weight is 424 g/mol. The van der Waals surface area contributed by atoms with E-state index < -0.39 is 0 Å². The summed E-state index contributed by atoms with van der Waals surface area (Å²) in [5, 5.41) is 5.63. The normalized spacial score (nSPS) is 15.2. The van der Waals surface area contributed by atoms with Gasteiger partial charge in [-0.05, 0) is 43.5 Å². The molecule has 0 aliphatic carbocycles. The second-order valence-corrected chi connectivity index (χ2v) is 8.76. The first-order valence-corrected chi connectivity index (χ1v) is 10.9. The van der Waals surface area contributed by atoms with E-state index in [0.29, 0.717) is 12.6 Å². The molecule has 4 aromatic rings. The van der Waals surface area contributed by atoms with E-state index in [1.54, 1.807) is 18.3 Å². The van der Waals surface area contributed by atoms with E-state index in [-0.39, 0.29) is 11.7 Å². The van der Waals surface area contributed by atoms with E-state index in [0.717, 1.165) is 52.3 Å². The van der Waals surface area contributed by atoms with Gasteiger partial charge in [0.1, 0.15) is 10.6 Å². The summed E-state index contributed by atoms with van der Waals surface area (Å²) in [5.41, 5.74) is 1.88. The molecule has 1 amide bonds. The van der Waals surface area contributed by atoms with Crippen LogP contribution in [0.2, 0.25) is 0 Å². The lowest BCUT2D eigenvalue weighted by molar-refractivity contribution is 0.0699. The fraction of sp³-hybridized carbons (Fsp3) is 0.318. The van der Waals surface area contributed by atoms with E-state index in [1.165, 1.54) is 23.5 Å². The number of rotatable bonds is 4. The Morgan fingerprint density at radius 3 is 2.70 bits per heavy atom. The Kier molecular flexibility index (Phi) is 4.86. The number of aryl methyl sites for hydroxylation is 1. The smallest absolute Gasteiger partial charge is 0.264 e. The lowest BCUT2D eigenvalue weighted by Crippen LogP contribution is -2.38. The highest BCUT2D eigenvalue weighted by Gasteiger charge is 2.26. The number of aromatic nitrogens is 4. The summed E-state index contributed by atoms with van der Waals surface area (Å²) in [4.78, 5) is 20.9. The van der Waals surface area contributed by atoms with Crippen molar-refractivity contribution >= 4 is 27.5 Å². The summed E-state index contributed by atoms with van der Waals surface area (Å²) < 4.78 is 17.2. The van der Waals surface area contributed by atoms with E-state index in [4.69, 9.17) is 0 Å². The van der Waals surface area contributed by atoms with Crippen LogP contribution in [0.4, 0.5) is 4.39 Å². The molecule has 0 radical (unpaired) electrons. The zero-order valence-electron chi connectivity index (χ0n) is 16.7. The number of imidazole rings is 1. The Morgan fingerprint density at radius 1 is 1.23 bits per heavy atom. The number of thiophene rings is 1. The van der Waals surface area contributed by atoms with E-state index in [2.05, 4.69) is 14.6 Å². The van der Waals surface area contributed by atoms with Gasteiger partial charge in [0.05, 0.1) is 23.4 Å². The Hall–Kier alpha value is -3.00. The van der Waals surface area contributed by atoms with Crippen LogP contribution in [0.25, 0.3) is 10.2 Å². The predicted molar refractivity (Wildman–Crippen MR) is 114 cm³/mol. The van der Waals surface area contributed by atoms with Gasteiger partial charge in [0.2, 0.25) is 0 Å². The molecule has 0 spiro atoms. The Labute approximate surface area is 177 Å². The van der Waals surface area contributed by atoms with Gasteiger partial charge < -0.3 is 9.47 Å². The van der Waals surface area contributed by atoms with Gasteiger partial charge in [0.15, 0.2) is 0 Å². The number of nitrogens with zero attached hydrogens (tertiary/aromatic N) is 5. The maximum Gasteiger partial charge on any atom is 0.264 e. The molecular formula is C22H22FN5OS. The second-order valence-electron chi connectivity index (χ2n) is 7.73. The van der Waals surface area contributed by atoms with Crippen LogP contribution in [0.15, 0.2) is 49.1 Å². The van der Waals surface area contributed by atoms with Crippen molar-refractivity contribution in [2.75, 3.05) is 13.1 Å². The molecular weight excluding hydrogens is 401 g/mol. The number of amides is 1. The average Bonchev–Trinajstić information content (AvgIpc) is 3.49. The maximum absolute atomic E-state index is 13.2. The fourth-order valence-corrected chi connectivity index (χ4v) is 5.23. The largest absolute Gasteiger partial charge is 0.338 e. The predicted octanol–water partition coefficient (Wildman–Crippen LogP) is 4.27. The standard InChI is InChI=1S/C22H22FN5OS/c1-15-19-12-20(21(29)26-9-6-18(7-10-26)27-11-8-24-14-27)30-22(19)28(25-15)13-16-2-4-17(23)5-3-16/h2-5,8,11-12,14,18H,6-7,9-10,13H2,1H3. The summed E-state index contributed by atoms with van der Waals surface area (Å²) in [7, 11) is 0. The summed E-state index contributed by atoms with van der Waals surface area (Å²) in [6.07, 6.45) is 7.51. The van der Waals surface area contributed by atoms with Gasteiger partial charge in [-0.3, -0.25) is 9.48 Å². The Balaban J connectivity index is 1.33. The molecule has 6 nitrogen and oxygen atoms in total. The van der Waals surface area contributed by atoms with E-state index in [1.807, 2.05) is 35.1 Å². The molecule has 3 aromatic heterocycles. The van der Waals surface area contributed by atoms with Crippen molar-refractivity contribution in [1.82, 2.24) is 24.2 Å². The van der Waals surface area contributed by atoms with Crippen LogP contribution in [-0.4, -0.2) is 43.2 Å². The van der Waals surface area contributed by atoms with Crippen molar-refractivity contribution in [2.45, 2.75) is 32.4 Å². The Bertz CT molecular complexity index is 1170. The lowest BCUT2D eigenvalue weighted by Gasteiger charge is -2.32. The number of carbonyl (C=O) groups excluding carboxylic acids is 1. The summed E-state index contributed by atoms with van der Waals surface area (Å²) in [6.45, 7) is 4.00. The van der Waals surface area contributed by atoms with Crippen LogP contribution in [0, 0.1) is 12.7 Å². The molecule has 1 aliphatic heterocycles. The quantitative estimate of drug-likeness (QED) is 0.493. The van der Waals surface area contributed by atoms with Crippen LogP contribution in [-0.2, 0) is 6.54 Å². The molecule has 0 atom stereocenters. The highest BCUT2D eigenvalue weighted by molar-refractivity contribution is 7.20. The molecule has 4 heterocycles. The molecule has 154 valence electrons. The second kappa shape index (κ2) is 7.68. The number of piperidine rings is 1.